The highest BCUT2D eigenvalue weighted by Gasteiger charge is 2.24. The van der Waals surface area contributed by atoms with Crippen molar-refractivity contribution in [1.82, 2.24) is 14.9 Å². The predicted molar refractivity (Wildman–Crippen MR) is 91.1 cm³/mol. The number of H-pyrrole nitrogens is 1. The van der Waals surface area contributed by atoms with Gasteiger partial charge in [0.25, 0.3) is 0 Å². The van der Waals surface area contributed by atoms with E-state index in [-0.39, 0.29) is 5.91 Å². The summed E-state index contributed by atoms with van der Waals surface area (Å²) in [6.07, 6.45) is 6.15. The fraction of sp³-hybridized carbons (Fsp3) is 0.529. The van der Waals surface area contributed by atoms with Gasteiger partial charge in [-0.3, -0.25) is 4.79 Å². The summed E-state index contributed by atoms with van der Waals surface area (Å²) >= 11 is 1.50. The summed E-state index contributed by atoms with van der Waals surface area (Å²) in [4.78, 5) is 22.4. The molecule has 2 aromatic rings. The molecule has 118 valence electrons. The van der Waals surface area contributed by atoms with E-state index in [1.54, 1.807) is 0 Å². The van der Waals surface area contributed by atoms with Gasteiger partial charge in [-0.15, -0.1) is 0 Å². The molecule has 1 aliphatic carbocycles. The second-order valence-corrected chi connectivity index (χ2v) is 6.78. The van der Waals surface area contributed by atoms with Crippen LogP contribution in [0.5, 0.6) is 0 Å². The standard InChI is InChI=1S/C17H23N3OS/c1-2-20(13-8-4-3-5-9-13)16(21)12-22-17-18-14-10-6-7-11-15(14)19-17/h6-7,10-11,13H,2-5,8-9,12H2,1H3,(H,18,19). The maximum Gasteiger partial charge on any atom is 0.233 e. The number of nitrogens with zero attached hydrogens (tertiary/aromatic N) is 2. The number of nitrogens with one attached hydrogen (secondary N) is 1. The Morgan fingerprint density at radius 2 is 2.09 bits per heavy atom. The molecule has 5 heteroatoms. The molecule has 1 saturated carbocycles. The molecule has 0 unspecified atom stereocenters. The van der Waals surface area contributed by atoms with Crippen molar-refractivity contribution in [2.45, 2.75) is 50.2 Å². The molecular weight excluding hydrogens is 294 g/mol. The number of carbonyl (C=O) groups excluding carboxylic acids is 1. The number of thioether (sulfide) groups is 1. The maximum atomic E-state index is 12.5. The average molecular weight is 317 g/mol. The van der Waals surface area contributed by atoms with Crippen LogP contribution >= 0.6 is 11.8 Å². The van der Waals surface area contributed by atoms with Gasteiger partial charge in [-0.25, -0.2) is 4.98 Å². The van der Waals surface area contributed by atoms with Gasteiger partial charge < -0.3 is 9.88 Å². The Hall–Kier alpha value is -1.49. The minimum atomic E-state index is 0.236. The number of para-hydroxylation sites is 2. The highest BCUT2D eigenvalue weighted by atomic mass is 32.2. The predicted octanol–water partition coefficient (Wildman–Crippen LogP) is 3.84. The highest BCUT2D eigenvalue weighted by molar-refractivity contribution is 7.99. The Bertz CT molecular complexity index is 601. The highest BCUT2D eigenvalue weighted by Crippen LogP contribution is 2.24. The molecular formula is C17H23N3OS. The topological polar surface area (TPSA) is 49.0 Å². The van der Waals surface area contributed by atoms with Crippen molar-refractivity contribution in [3.8, 4) is 0 Å². The summed E-state index contributed by atoms with van der Waals surface area (Å²) in [6, 6.07) is 8.40. The van der Waals surface area contributed by atoms with Crippen molar-refractivity contribution in [3.05, 3.63) is 24.3 Å². The lowest BCUT2D eigenvalue weighted by molar-refractivity contribution is -0.131. The zero-order valence-corrected chi connectivity index (χ0v) is 13.9. The van der Waals surface area contributed by atoms with E-state index in [0.717, 1.165) is 35.6 Å². The number of benzene rings is 1. The summed E-state index contributed by atoms with van der Waals surface area (Å²) in [5, 5.41) is 0.828. The summed E-state index contributed by atoms with van der Waals surface area (Å²) < 4.78 is 0. The Morgan fingerprint density at radius 3 is 2.82 bits per heavy atom. The van der Waals surface area contributed by atoms with E-state index in [0.29, 0.717) is 11.8 Å². The van der Waals surface area contributed by atoms with Crippen molar-refractivity contribution < 1.29 is 4.79 Å². The largest absolute Gasteiger partial charge is 0.339 e. The fourth-order valence-electron chi connectivity index (χ4n) is 3.24. The third-order valence-electron chi connectivity index (χ3n) is 4.38. The van der Waals surface area contributed by atoms with Gasteiger partial charge in [-0.05, 0) is 31.9 Å². The number of aromatic amines is 1. The van der Waals surface area contributed by atoms with Crippen LogP contribution in [0.15, 0.2) is 29.4 Å². The summed E-state index contributed by atoms with van der Waals surface area (Å²) in [7, 11) is 0. The third kappa shape index (κ3) is 3.46. The van der Waals surface area contributed by atoms with Crippen LogP contribution in [0.25, 0.3) is 11.0 Å². The van der Waals surface area contributed by atoms with E-state index in [1.165, 1.54) is 31.0 Å². The maximum absolute atomic E-state index is 12.5. The van der Waals surface area contributed by atoms with Crippen molar-refractivity contribution in [2.24, 2.45) is 0 Å². The summed E-state index contributed by atoms with van der Waals surface area (Å²) in [5.41, 5.74) is 1.98. The van der Waals surface area contributed by atoms with E-state index in [2.05, 4.69) is 21.8 Å². The summed E-state index contributed by atoms with van der Waals surface area (Å²) in [5.74, 6) is 0.698. The molecule has 0 spiro atoms. The van der Waals surface area contributed by atoms with Gasteiger partial charge in [0, 0.05) is 12.6 Å². The van der Waals surface area contributed by atoms with Crippen molar-refractivity contribution in [3.63, 3.8) is 0 Å². The fourth-order valence-corrected chi connectivity index (χ4v) is 4.01. The molecule has 3 rings (SSSR count). The van der Waals surface area contributed by atoms with Gasteiger partial charge in [0.2, 0.25) is 5.91 Å². The first kappa shape index (κ1) is 15.4. The molecule has 0 saturated heterocycles. The molecule has 4 nitrogen and oxygen atoms in total. The lowest BCUT2D eigenvalue weighted by atomic mass is 9.94. The Morgan fingerprint density at radius 1 is 1.32 bits per heavy atom. The van der Waals surface area contributed by atoms with Crippen molar-refractivity contribution >= 4 is 28.7 Å². The van der Waals surface area contributed by atoms with E-state index in [1.807, 2.05) is 24.3 Å². The number of hydrogen-bond acceptors (Lipinski definition) is 3. The number of aromatic nitrogens is 2. The van der Waals surface area contributed by atoms with Crippen molar-refractivity contribution in [2.75, 3.05) is 12.3 Å². The van der Waals surface area contributed by atoms with E-state index in [9.17, 15) is 4.79 Å². The molecule has 1 aliphatic rings. The molecule has 1 fully saturated rings. The van der Waals surface area contributed by atoms with Gasteiger partial charge in [0.15, 0.2) is 5.16 Å². The zero-order chi connectivity index (χ0) is 15.4. The minimum absolute atomic E-state index is 0.236. The third-order valence-corrected chi connectivity index (χ3v) is 5.23. The number of rotatable bonds is 5. The van der Waals surface area contributed by atoms with Gasteiger partial charge in [-0.1, -0.05) is 43.2 Å². The number of hydrogen-bond donors (Lipinski definition) is 1. The minimum Gasteiger partial charge on any atom is -0.339 e. The van der Waals surface area contributed by atoms with Gasteiger partial charge in [0.05, 0.1) is 16.8 Å². The first-order chi connectivity index (χ1) is 10.8. The van der Waals surface area contributed by atoms with Gasteiger partial charge in [-0.2, -0.15) is 0 Å². The van der Waals surface area contributed by atoms with E-state index >= 15 is 0 Å². The van der Waals surface area contributed by atoms with Crippen LogP contribution in [0.3, 0.4) is 0 Å². The average Bonchev–Trinajstić information content (AvgIpc) is 2.97. The van der Waals surface area contributed by atoms with Crippen LogP contribution in [0.2, 0.25) is 0 Å². The number of carbonyl (C=O) groups is 1. The molecule has 0 radical (unpaired) electrons. The molecule has 0 atom stereocenters. The quantitative estimate of drug-likeness (QED) is 0.853. The second kappa shape index (κ2) is 7.18. The molecule has 0 bridgehead atoms. The summed E-state index contributed by atoms with van der Waals surface area (Å²) in [6.45, 7) is 2.89. The lowest BCUT2D eigenvalue weighted by Crippen LogP contribution is -2.42. The van der Waals surface area contributed by atoms with Crippen LogP contribution in [0.1, 0.15) is 39.0 Å². The smallest absolute Gasteiger partial charge is 0.233 e. The molecule has 1 heterocycles. The van der Waals surface area contributed by atoms with E-state index < -0.39 is 0 Å². The van der Waals surface area contributed by atoms with E-state index in [4.69, 9.17) is 0 Å². The van der Waals surface area contributed by atoms with Crippen LogP contribution in [0.4, 0.5) is 0 Å². The van der Waals surface area contributed by atoms with Gasteiger partial charge >= 0.3 is 0 Å². The number of imidazole rings is 1. The first-order valence-corrected chi connectivity index (χ1v) is 9.13. The van der Waals surface area contributed by atoms with Crippen LogP contribution < -0.4 is 0 Å². The molecule has 0 aliphatic heterocycles. The lowest BCUT2D eigenvalue weighted by Gasteiger charge is -2.33. The Kier molecular flexibility index (Phi) is 5.03. The normalized spacial score (nSPS) is 16.0. The molecule has 1 amide bonds. The first-order valence-electron chi connectivity index (χ1n) is 8.15. The second-order valence-electron chi connectivity index (χ2n) is 5.82. The molecule has 1 N–H and O–H groups in total. The van der Waals surface area contributed by atoms with Crippen LogP contribution in [-0.4, -0.2) is 39.1 Å². The molecule has 1 aromatic carbocycles. The Balaban J connectivity index is 1.60. The van der Waals surface area contributed by atoms with Crippen LogP contribution in [-0.2, 0) is 4.79 Å². The zero-order valence-electron chi connectivity index (χ0n) is 13.0. The SMILES string of the molecule is CCN(C(=O)CSc1nc2ccccc2[nH]1)C1CCCCC1. The van der Waals surface area contributed by atoms with Crippen molar-refractivity contribution in [1.29, 1.82) is 0 Å². The van der Waals surface area contributed by atoms with Gasteiger partial charge in [0.1, 0.15) is 0 Å². The monoisotopic (exact) mass is 317 g/mol. The molecule has 22 heavy (non-hydrogen) atoms. The number of fused-ring (bicyclic) bond motifs is 1. The van der Waals surface area contributed by atoms with Crippen LogP contribution in [0, 0.1) is 0 Å². The number of amides is 1. The molecule has 1 aromatic heterocycles. The Labute approximate surface area is 135 Å².